The zero-order valence-electron chi connectivity index (χ0n) is 10.4. The second-order valence-corrected chi connectivity index (χ2v) is 7.12. The highest BCUT2D eigenvalue weighted by Crippen LogP contribution is 2.17. The topological polar surface area (TPSA) is 36.9 Å². The Labute approximate surface area is 97.2 Å². The van der Waals surface area contributed by atoms with Crippen LogP contribution in [0.2, 0.25) is 6.04 Å². The minimum Gasteiger partial charge on any atom is -0.428 e. The predicted molar refractivity (Wildman–Crippen MR) is 65.9 cm³/mol. The van der Waals surface area contributed by atoms with Crippen LogP contribution in [0.5, 0.6) is 0 Å². The first-order valence-electron chi connectivity index (χ1n) is 5.39. The van der Waals surface area contributed by atoms with Crippen molar-refractivity contribution in [2.45, 2.75) is 31.7 Å². The van der Waals surface area contributed by atoms with E-state index < -0.39 is 8.80 Å². The summed E-state index contributed by atoms with van der Waals surface area (Å²) in [5.74, 6) is 0. The summed E-state index contributed by atoms with van der Waals surface area (Å²) in [4.78, 5) is 0. The smallest absolute Gasteiger partial charge is 0.428 e. The van der Waals surface area contributed by atoms with Crippen molar-refractivity contribution in [2.75, 3.05) is 27.9 Å². The van der Waals surface area contributed by atoms with Gasteiger partial charge < -0.3 is 17.7 Å². The van der Waals surface area contributed by atoms with Gasteiger partial charge in [-0.15, -0.1) is 0 Å². The van der Waals surface area contributed by atoms with E-state index in [1.807, 2.05) is 0 Å². The van der Waals surface area contributed by atoms with Crippen molar-refractivity contribution < 1.29 is 17.7 Å². The highest BCUT2D eigenvalue weighted by atomic mass is 28.4. The molecule has 4 nitrogen and oxygen atoms in total. The van der Waals surface area contributed by atoms with Gasteiger partial charge in [0.1, 0.15) is 10.5 Å². The summed E-state index contributed by atoms with van der Waals surface area (Å²) in [6.45, 7) is 0.910. The molecule has 0 saturated heterocycles. The molecule has 0 N–H and O–H groups in total. The van der Waals surface area contributed by atoms with Crippen LogP contribution in [0, 0.1) is 0 Å². The second kappa shape index (κ2) is 9.50. The number of unbranched alkanes of at least 4 members (excludes halogenated alkanes) is 3. The molecule has 0 aromatic rings. The summed E-state index contributed by atoms with van der Waals surface area (Å²) in [6, 6.07) is 0.901. The van der Waals surface area contributed by atoms with E-state index in [0.717, 1.165) is 36.0 Å². The van der Waals surface area contributed by atoms with Gasteiger partial charge in [-0.05, 0) is 12.8 Å². The first-order chi connectivity index (χ1) is 7.24. The van der Waals surface area contributed by atoms with E-state index in [0.29, 0.717) is 0 Å². The highest BCUT2D eigenvalue weighted by molar-refractivity contribution is 6.60. The Morgan fingerprint density at radius 3 is 1.87 bits per heavy atom. The molecule has 92 valence electrons. The zero-order valence-corrected chi connectivity index (χ0v) is 13.4. The lowest BCUT2D eigenvalue weighted by atomic mass is 10.2. The van der Waals surface area contributed by atoms with Crippen LogP contribution in [0.25, 0.3) is 0 Å². The Kier molecular flexibility index (Phi) is 9.67. The SMILES string of the molecule is CO[Si](CCCCCCO[SiH3])(OC)OC. The lowest BCUT2D eigenvalue weighted by Gasteiger charge is -2.24. The molecule has 0 heterocycles. The van der Waals surface area contributed by atoms with Crippen LogP contribution < -0.4 is 0 Å². The molecule has 15 heavy (non-hydrogen) atoms. The Bertz CT molecular complexity index is 134. The van der Waals surface area contributed by atoms with Gasteiger partial charge >= 0.3 is 8.80 Å². The van der Waals surface area contributed by atoms with E-state index >= 15 is 0 Å². The van der Waals surface area contributed by atoms with E-state index in [-0.39, 0.29) is 0 Å². The summed E-state index contributed by atoms with van der Waals surface area (Å²) in [5.41, 5.74) is 0. The third kappa shape index (κ3) is 6.44. The van der Waals surface area contributed by atoms with E-state index in [2.05, 4.69) is 0 Å². The van der Waals surface area contributed by atoms with Crippen LogP contribution in [0.4, 0.5) is 0 Å². The van der Waals surface area contributed by atoms with Gasteiger partial charge in [-0.3, -0.25) is 0 Å². The van der Waals surface area contributed by atoms with Crippen molar-refractivity contribution >= 4 is 19.3 Å². The molecule has 0 bridgehead atoms. The molecule has 0 radical (unpaired) electrons. The third-order valence-corrected chi connectivity index (χ3v) is 5.75. The highest BCUT2D eigenvalue weighted by Gasteiger charge is 2.36. The van der Waals surface area contributed by atoms with Gasteiger partial charge in [0.2, 0.25) is 0 Å². The van der Waals surface area contributed by atoms with Crippen LogP contribution in [0.15, 0.2) is 0 Å². The number of hydrogen-bond donors (Lipinski definition) is 0. The summed E-state index contributed by atoms with van der Waals surface area (Å²) >= 11 is 0. The fourth-order valence-electron chi connectivity index (χ4n) is 1.50. The summed E-state index contributed by atoms with van der Waals surface area (Å²) in [7, 11) is 3.52. The van der Waals surface area contributed by atoms with Crippen molar-refractivity contribution in [3.8, 4) is 0 Å². The molecule has 0 fully saturated rings. The summed E-state index contributed by atoms with van der Waals surface area (Å²) in [6.07, 6.45) is 4.66. The monoisotopic (exact) mass is 252 g/mol. The van der Waals surface area contributed by atoms with Crippen LogP contribution in [0.1, 0.15) is 25.7 Å². The maximum absolute atomic E-state index is 5.34. The Morgan fingerprint density at radius 2 is 1.40 bits per heavy atom. The number of hydrogen-bond acceptors (Lipinski definition) is 4. The van der Waals surface area contributed by atoms with E-state index in [9.17, 15) is 0 Å². The average Bonchev–Trinajstić information content (AvgIpc) is 2.29. The molecule has 0 amide bonds. The van der Waals surface area contributed by atoms with Crippen molar-refractivity contribution in [1.29, 1.82) is 0 Å². The van der Waals surface area contributed by atoms with Gasteiger partial charge in [-0.1, -0.05) is 12.8 Å². The fourth-order valence-corrected chi connectivity index (χ4v) is 3.58. The molecule has 6 heteroatoms. The molecule has 0 saturated carbocycles. The fraction of sp³-hybridized carbons (Fsp3) is 1.00. The zero-order chi connectivity index (χ0) is 11.6. The molecular weight excluding hydrogens is 228 g/mol. The lowest BCUT2D eigenvalue weighted by Crippen LogP contribution is -2.42. The molecule has 0 aliphatic heterocycles. The maximum Gasteiger partial charge on any atom is 0.500 e. The van der Waals surface area contributed by atoms with Crippen LogP contribution in [-0.2, 0) is 17.7 Å². The minimum atomic E-state index is -2.31. The molecule has 0 aliphatic carbocycles. The van der Waals surface area contributed by atoms with Crippen molar-refractivity contribution in [1.82, 2.24) is 0 Å². The van der Waals surface area contributed by atoms with Crippen LogP contribution in [0.3, 0.4) is 0 Å². The van der Waals surface area contributed by atoms with Gasteiger partial charge in [-0.25, -0.2) is 0 Å². The number of rotatable bonds is 10. The van der Waals surface area contributed by atoms with Gasteiger partial charge in [0.15, 0.2) is 0 Å². The molecular formula is C9H24O4Si2. The van der Waals surface area contributed by atoms with E-state index in [1.54, 1.807) is 21.3 Å². The molecule has 0 aromatic heterocycles. The minimum absolute atomic E-state index is 0.849. The standard InChI is InChI=1S/C9H24O4Si2/c1-10-15(11-2,12-3)9-7-5-4-6-8-13-14/h4-9H2,1-3,14H3. The summed E-state index contributed by atoms with van der Waals surface area (Å²) < 4.78 is 21.1. The Hall–Kier alpha value is 0.274. The first kappa shape index (κ1) is 15.3. The quantitative estimate of drug-likeness (QED) is 0.424. The first-order valence-corrected chi connectivity index (χ1v) is 8.14. The normalized spacial score (nSPS) is 12.2. The molecule has 0 rings (SSSR count). The molecule has 0 aromatic carbocycles. The van der Waals surface area contributed by atoms with Gasteiger partial charge in [0, 0.05) is 34.0 Å². The van der Waals surface area contributed by atoms with E-state index in [1.165, 1.54) is 12.8 Å². The Morgan fingerprint density at radius 1 is 0.867 bits per heavy atom. The molecule has 0 unspecified atom stereocenters. The predicted octanol–water partition coefficient (Wildman–Crippen LogP) is 0.722. The average molecular weight is 252 g/mol. The summed E-state index contributed by atoms with van der Waals surface area (Å²) in [5, 5.41) is 0. The van der Waals surface area contributed by atoms with Gasteiger partial charge in [-0.2, -0.15) is 0 Å². The van der Waals surface area contributed by atoms with Crippen molar-refractivity contribution in [3.63, 3.8) is 0 Å². The lowest BCUT2D eigenvalue weighted by molar-refractivity contribution is 0.122. The van der Waals surface area contributed by atoms with Gasteiger partial charge in [0.25, 0.3) is 0 Å². The van der Waals surface area contributed by atoms with E-state index in [4.69, 9.17) is 17.7 Å². The van der Waals surface area contributed by atoms with Crippen LogP contribution in [-0.4, -0.2) is 47.2 Å². The second-order valence-electron chi connectivity index (χ2n) is 3.45. The third-order valence-electron chi connectivity index (χ3n) is 2.51. The molecule has 0 atom stereocenters. The largest absolute Gasteiger partial charge is 0.500 e. The molecule has 0 spiro atoms. The molecule has 0 aliphatic rings. The van der Waals surface area contributed by atoms with Crippen LogP contribution >= 0.6 is 0 Å². The maximum atomic E-state index is 5.34. The van der Waals surface area contributed by atoms with Crippen molar-refractivity contribution in [2.24, 2.45) is 0 Å². The van der Waals surface area contributed by atoms with Crippen molar-refractivity contribution in [3.05, 3.63) is 0 Å². The Balaban J connectivity index is 3.54. The van der Waals surface area contributed by atoms with Gasteiger partial charge in [0.05, 0.1) is 0 Å².